The summed E-state index contributed by atoms with van der Waals surface area (Å²) in [7, 11) is 1.61. The number of aliphatic imine (C=N–C) groups is 1. The van der Waals surface area contributed by atoms with Crippen molar-refractivity contribution < 1.29 is 19.3 Å². The number of aryl methyl sites for hydroxylation is 1. The highest BCUT2D eigenvalue weighted by molar-refractivity contribution is 5.79. The molecule has 1 fully saturated rings. The molecule has 0 spiro atoms. The highest BCUT2D eigenvalue weighted by Gasteiger charge is 2.19. The van der Waals surface area contributed by atoms with Gasteiger partial charge in [0, 0.05) is 25.1 Å². The van der Waals surface area contributed by atoms with E-state index in [1.54, 1.807) is 7.11 Å². The topological polar surface area (TPSA) is 84.3 Å². The average Bonchev–Trinajstić information content (AvgIpc) is 3.29. The Morgan fingerprint density at radius 3 is 2.87 bits per heavy atom. The van der Waals surface area contributed by atoms with Crippen LogP contribution in [0.1, 0.15) is 36.1 Å². The van der Waals surface area contributed by atoms with E-state index >= 15 is 0 Å². The smallest absolute Gasteiger partial charge is 0.191 e. The number of rotatable bonds is 9. The summed E-state index contributed by atoms with van der Waals surface area (Å²) in [6.07, 6.45) is 0.316. The van der Waals surface area contributed by atoms with E-state index in [1.807, 2.05) is 31.2 Å². The molecule has 2 unspecified atom stereocenters. The number of nitrogens with one attached hydrogen (secondary N) is 2. The molecule has 2 aromatic carbocycles. The van der Waals surface area contributed by atoms with Crippen molar-refractivity contribution in [2.24, 2.45) is 4.99 Å². The van der Waals surface area contributed by atoms with Gasteiger partial charge in [0.15, 0.2) is 5.96 Å². The summed E-state index contributed by atoms with van der Waals surface area (Å²) >= 11 is 0. The summed E-state index contributed by atoms with van der Waals surface area (Å²) in [5, 5.41) is 17.0. The molecule has 0 bridgehead atoms. The maximum Gasteiger partial charge on any atom is 0.191 e. The van der Waals surface area contributed by atoms with Crippen LogP contribution < -0.4 is 20.1 Å². The second kappa shape index (κ2) is 11.6. The molecule has 1 aliphatic rings. The Morgan fingerprint density at radius 2 is 2.13 bits per heavy atom. The lowest BCUT2D eigenvalue weighted by atomic mass is 10.1. The van der Waals surface area contributed by atoms with Crippen LogP contribution in [0.2, 0.25) is 0 Å². The first-order valence-corrected chi connectivity index (χ1v) is 10.8. The third-order valence-corrected chi connectivity index (χ3v) is 5.10. The van der Waals surface area contributed by atoms with E-state index in [-0.39, 0.29) is 6.10 Å². The molecular weight excluding hydrogens is 394 g/mol. The Balaban J connectivity index is 1.65. The summed E-state index contributed by atoms with van der Waals surface area (Å²) < 4.78 is 16.8. The van der Waals surface area contributed by atoms with Gasteiger partial charge in [0.25, 0.3) is 0 Å². The van der Waals surface area contributed by atoms with Crippen molar-refractivity contribution >= 4 is 5.96 Å². The van der Waals surface area contributed by atoms with Crippen LogP contribution in [0.3, 0.4) is 0 Å². The Bertz CT molecular complexity index is 866. The van der Waals surface area contributed by atoms with Crippen LogP contribution in [0, 0.1) is 6.92 Å². The lowest BCUT2D eigenvalue weighted by Gasteiger charge is -2.17. The largest absolute Gasteiger partial charge is 0.497 e. The minimum Gasteiger partial charge on any atom is -0.497 e. The molecule has 1 heterocycles. The molecule has 7 heteroatoms. The first-order valence-electron chi connectivity index (χ1n) is 10.8. The molecule has 2 atom stereocenters. The molecule has 0 radical (unpaired) electrons. The summed E-state index contributed by atoms with van der Waals surface area (Å²) in [4.78, 5) is 4.70. The van der Waals surface area contributed by atoms with Crippen LogP contribution in [-0.2, 0) is 11.3 Å². The molecule has 7 nitrogen and oxygen atoms in total. The minimum atomic E-state index is -0.681. The number of aliphatic hydroxyl groups excluding tert-OH is 1. The van der Waals surface area contributed by atoms with Gasteiger partial charge in [0.05, 0.1) is 33.0 Å². The van der Waals surface area contributed by atoms with Crippen molar-refractivity contribution in [2.75, 3.05) is 33.4 Å². The van der Waals surface area contributed by atoms with Crippen LogP contribution >= 0.6 is 0 Å². The van der Waals surface area contributed by atoms with Crippen LogP contribution in [-0.4, -0.2) is 50.6 Å². The average molecular weight is 428 g/mol. The van der Waals surface area contributed by atoms with Crippen LogP contribution in [0.4, 0.5) is 0 Å². The maximum atomic E-state index is 10.5. The first kappa shape index (κ1) is 22.9. The van der Waals surface area contributed by atoms with Crippen molar-refractivity contribution in [3.05, 3.63) is 59.2 Å². The van der Waals surface area contributed by atoms with E-state index < -0.39 is 6.10 Å². The highest BCUT2D eigenvalue weighted by Crippen LogP contribution is 2.24. The second-order valence-corrected chi connectivity index (χ2v) is 7.58. The zero-order chi connectivity index (χ0) is 22.1. The Morgan fingerprint density at radius 1 is 1.26 bits per heavy atom. The van der Waals surface area contributed by atoms with Gasteiger partial charge in [-0.05, 0) is 43.2 Å². The highest BCUT2D eigenvalue weighted by atomic mass is 16.5. The van der Waals surface area contributed by atoms with Crippen molar-refractivity contribution in [2.45, 2.75) is 39.0 Å². The van der Waals surface area contributed by atoms with Crippen LogP contribution in [0.15, 0.2) is 47.5 Å². The fourth-order valence-corrected chi connectivity index (χ4v) is 3.35. The predicted octanol–water partition coefficient (Wildman–Crippen LogP) is 2.96. The van der Waals surface area contributed by atoms with Gasteiger partial charge in [-0.25, -0.2) is 4.99 Å². The van der Waals surface area contributed by atoms with E-state index in [2.05, 4.69) is 35.8 Å². The molecule has 3 rings (SSSR count). The standard InChI is InChI=1S/C24H33N3O4/c1-4-25-24(27-15-22(28)18-6-5-7-20(13-18)29-3)26-14-19-9-8-17(2)12-23(19)31-21-10-11-30-16-21/h5-9,12-13,21-22,28H,4,10-11,14-16H2,1-3H3,(H2,25,26,27). The summed E-state index contributed by atoms with van der Waals surface area (Å²) in [5.41, 5.74) is 2.95. The molecule has 0 amide bonds. The Labute approximate surface area is 184 Å². The fourth-order valence-electron chi connectivity index (χ4n) is 3.35. The van der Waals surface area contributed by atoms with E-state index in [0.717, 1.165) is 47.8 Å². The quantitative estimate of drug-likeness (QED) is 0.422. The molecule has 3 N–H and O–H groups in total. The molecule has 168 valence electrons. The number of benzene rings is 2. The Hall–Kier alpha value is -2.77. The summed E-state index contributed by atoms with van der Waals surface area (Å²) in [6, 6.07) is 13.6. The van der Waals surface area contributed by atoms with Gasteiger partial charge in [0.1, 0.15) is 17.6 Å². The molecule has 31 heavy (non-hydrogen) atoms. The third kappa shape index (κ3) is 6.87. The zero-order valence-corrected chi connectivity index (χ0v) is 18.6. The van der Waals surface area contributed by atoms with Crippen LogP contribution in [0.25, 0.3) is 0 Å². The number of nitrogens with zero attached hydrogens (tertiary/aromatic N) is 1. The van der Waals surface area contributed by atoms with Gasteiger partial charge < -0.3 is 30.0 Å². The number of hydrogen-bond acceptors (Lipinski definition) is 5. The van der Waals surface area contributed by atoms with Gasteiger partial charge in [-0.15, -0.1) is 0 Å². The van der Waals surface area contributed by atoms with Crippen molar-refractivity contribution in [3.63, 3.8) is 0 Å². The van der Waals surface area contributed by atoms with Crippen molar-refractivity contribution in [3.8, 4) is 11.5 Å². The van der Waals surface area contributed by atoms with Gasteiger partial charge in [-0.1, -0.05) is 24.3 Å². The van der Waals surface area contributed by atoms with Gasteiger partial charge in [-0.3, -0.25) is 0 Å². The van der Waals surface area contributed by atoms with E-state index in [1.165, 1.54) is 0 Å². The lowest BCUT2D eigenvalue weighted by Crippen LogP contribution is -2.39. The number of hydrogen-bond donors (Lipinski definition) is 3. The molecular formula is C24H33N3O4. The molecule has 1 aliphatic heterocycles. The molecule has 2 aromatic rings. The molecule has 0 aromatic heterocycles. The SMILES string of the molecule is CCNC(=NCc1ccc(C)cc1OC1CCOC1)NCC(O)c1cccc(OC)c1. The number of aliphatic hydroxyl groups is 1. The third-order valence-electron chi connectivity index (χ3n) is 5.10. The summed E-state index contributed by atoms with van der Waals surface area (Å²) in [6.45, 7) is 6.95. The maximum absolute atomic E-state index is 10.5. The van der Waals surface area contributed by atoms with Crippen LogP contribution in [0.5, 0.6) is 11.5 Å². The van der Waals surface area contributed by atoms with Crippen molar-refractivity contribution in [1.82, 2.24) is 10.6 Å². The van der Waals surface area contributed by atoms with E-state index in [0.29, 0.717) is 25.7 Å². The second-order valence-electron chi connectivity index (χ2n) is 7.58. The number of ether oxygens (including phenoxy) is 3. The predicted molar refractivity (Wildman–Crippen MR) is 122 cm³/mol. The first-order chi connectivity index (χ1) is 15.1. The summed E-state index contributed by atoms with van der Waals surface area (Å²) in [5.74, 6) is 2.21. The molecule has 1 saturated heterocycles. The van der Waals surface area contributed by atoms with E-state index in [4.69, 9.17) is 19.2 Å². The van der Waals surface area contributed by atoms with Gasteiger partial charge in [0.2, 0.25) is 0 Å². The molecule has 0 saturated carbocycles. The zero-order valence-electron chi connectivity index (χ0n) is 18.6. The Kier molecular flexibility index (Phi) is 8.55. The monoisotopic (exact) mass is 427 g/mol. The minimum absolute atomic E-state index is 0.0916. The number of methoxy groups -OCH3 is 1. The van der Waals surface area contributed by atoms with Gasteiger partial charge >= 0.3 is 0 Å². The normalized spacial score (nSPS) is 17.3. The van der Waals surface area contributed by atoms with E-state index in [9.17, 15) is 5.11 Å². The molecule has 0 aliphatic carbocycles. The lowest BCUT2D eigenvalue weighted by molar-refractivity contribution is 0.140. The fraction of sp³-hybridized carbons (Fsp3) is 0.458. The van der Waals surface area contributed by atoms with Crippen molar-refractivity contribution in [1.29, 1.82) is 0 Å². The number of guanidine groups is 1. The van der Waals surface area contributed by atoms with Gasteiger partial charge in [-0.2, -0.15) is 0 Å².